The van der Waals surface area contributed by atoms with Crippen LogP contribution in [0.25, 0.3) is 22.2 Å². The normalized spacial score (nSPS) is 14.0. The van der Waals surface area contributed by atoms with E-state index in [-0.39, 0.29) is 11.7 Å². The van der Waals surface area contributed by atoms with Gasteiger partial charge in [-0.1, -0.05) is 6.07 Å². The van der Waals surface area contributed by atoms with Crippen molar-refractivity contribution in [1.82, 2.24) is 10.3 Å². The van der Waals surface area contributed by atoms with Gasteiger partial charge in [-0.15, -0.1) is 0 Å². The van der Waals surface area contributed by atoms with Crippen LogP contribution in [-0.2, 0) is 6.42 Å². The summed E-state index contributed by atoms with van der Waals surface area (Å²) in [7, 11) is 0. The van der Waals surface area contributed by atoms with Crippen LogP contribution >= 0.6 is 0 Å². The highest BCUT2D eigenvalue weighted by Gasteiger charge is 2.21. The molecule has 3 aromatic rings. The van der Waals surface area contributed by atoms with Crippen molar-refractivity contribution in [3.63, 3.8) is 0 Å². The Bertz CT molecular complexity index is 849. The SMILES string of the molecule is O=C1NCCc2c(-c3ccc(F)cc3)[nH]c3cccc1c23. The monoisotopic (exact) mass is 280 g/mol. The van der Waals surface area contributed by atoms with Crippen molar-refractivity contribution in [2.45, 2.75) is 6.42 Å². The number of aromatic amines is 1. The molecule has 1 aliphatic heterocycles. The minimum atomic E-state index is -0.252. The Morgan fingerprint density at radius 2 is 1.86 bits per heavy atom. The van der Waals surface area contributed by atoms with E-state index < -0.39 is 0 Å². The lowest BCUT2D eigenvalue weighted by atomic mass is 10.0. The molecule has 0 bridgehead atoms. The van der Waals surface area contributed by atoms with E-state index >= 15 is 0 Å². The molecule has 2 heterocycles. The Kier molecular flexibility index (Phi) is 2.57. The fourth-order valence-corrected chi connectivity index (χ4v) is 3.02. The van der Waals surface area contributed by atoms with E-state index in [1.165, 1.54) is 12.1 Å². The molecule has 2 aromatic carbocycles. The van der Waals surface area contributed by atoms with Gasteiger partial charge in [-0.2, -0.15) is 0 Å². The molecule has 1 amide bonds. The average molecular weight is 280 g/mol. The molecule has 4 rings (SSSR count). The van der Waals surface area contributed by atoms with Gasteiger partial charge in [-0.3, -0.25) is 4.79 Å². The van der Waals surface area contributed by atoms with Crippen LogP contribution in [0.15, 0.2) is 42.5 Å². The summed E-state index contributed by atoms with van der Waals surface area (Å²) in [6, 6.07) is 12.1. The van der Waals surface area contributed by atoms with Gasteiger partial charge in [0.25, 0.3) is 5.91 Å². The predicted molar refractivity (Wildman–Crippen MR) is 79.7 cm³/mol. The lowest BCUT2D eigenvalue weighted by Gasteiger charge is -2.03. The number of benzene rings is 2. The number of carbonyl (C=O) groups excluding carboxylic acids is 1. The van der Waals surface area contributed by atoms with Gasteiger partial charge in [0.1, 0.15) is 5.82 Å². The summed E-state index contributed by atoms with van der Waals surface area (Å²) in [5.41, 5.74) is 4.66. The molecular weight excluding hydrogens is 267 g/mol. The molecule has 1 aliphatic rings. The zero-order valence-corrected chi connectivity index (χ0v) is 11.2. The molecule has 0 atom stereocenters. The van der Waals surface area contributed by atoms with Crippen molar-refractivity contribution in [3.05, 3.63) is 59.4 Å². The number of amides is 1. The van der Waals surface area contributed by atoms with Crippen molar-refractivity contribution in [1.29, 1.82) is 0 Å². The maximum Gasteiger partial charge on any atom is 0.251 e. The minimum absolute atomic E-state index is 0.0380. The van der Waals surface area contributed by atoms with E-state index in [1.54, 1.807) is 12.1 Å². The smallest absolute Gasteiger partial charge is 0.251 e. The van der Waals surface area contributed by atoms with Crippen LogP contribution in [0.3, 0.4) is 0 Å². The van der Waals surface area contributed by atoms with E-state index in [9.17, 15) is 9.18 Å². The second-order valence-corrected chi connectivity index (χ2v) is 5.22. The zero-order chi connectivity index (χ0) is 14.4. The molecule has 0 fully saturated rings. The van der Waals surface area contributed by atoms with Crippen LogP contribution in [0.4, 0.5) is 4.39 Å². The summed E-state index contributed by atoms with van der Waals surface area (Å²) in [4.78, 5) is 15.5. The largest absolute Gasteiger partial charge is 0.354 e. The lowest BCUT2D eigenvalue weighted by Crippen LogP contribution is -2.23. The number of H-pyrrole nitrogens is 1. The first-order valence-electron chi connectivity index (χ1n) is 6.92. The number of hydrogen-bond acceptors (Lipinski definition) is 1. The maximum absolute atomic E-state index is 13.1. The number of halogens is 1. The first kappa shape index (κ1) is 12.1. The van der Waals surface area contributed by atoms with Crippen LogP contribution in [0, 0.1) is 5.82 Å². The molecule has 3 nitrogen and oxygen atoms in total. The Morgan fingerprint density at radius 1 is 1.05 bits per heavy atom. The number of aromatic nitrogens is 1. The predicted octanol–water partition coefficient (Wildman–Crippen LogP) is 3.26. The van der Waals surface area contributed by atoms with Crippen LogP contribution in [-0.4, -0.2) is 17.4 Å². The second kappa shape index (κ2) is 4.45. The third-order valence-corrected chi connectivity index (χ3v) is 3.97. The van der Waals surface area contributed by atoms with E-state index in [4.69, 9.17) is 0 Å². The lowest BCUT2D eigenvalue weighted by molar-refractivity contribution is 0.0957. The molecule has 0 saturated heterocycles. The number of carbonyl (C=O) groups is 1. The first-order chi connectivity index (χ1) is 10.2. The summed E-state index contributed by atoms with van der Waals surface area (Å²) in [5.74, 6) is -0.290. The Balaban J connectivity index is 2.02. The maximum atomic E-state index is 13.1. The van der Waals surface area contributed by atoms with Crippen molar-refractivity contribution in [2.24, 2.45) is 0 Å². The van der Waals surface area contributed by atoms with Crippen molar-refractivity contribution >= 4 is 16.8 Å². The highest BCUT2D eigenvalue weighted by Crippen LogP contribution is 2.33. The number of rotatable bonds is 1. The minimum Gasteiger partial charge on any atom is -0.354 e. The van der Waals surface area contributed by atoms with Gasteiger partial charge in [-0.25, -0.2) is 4.39 Å². The van der Waals surface area contributed by atoms with Gasteiger partial charge in [-0.05, 0) is 53.9 Å². The number of nitrogens with one attached hydrogen (secondary N) is 2. The van der Waals surface area contributed by atoms with Crippen molar-refractivity contribution in [2.75, 3.05) is 6.54 Å². The molecule has 0 spiro atoms. The molecule has 0 radical (unpaired) electrons. The fourth-order valence-electron chi connectivity index (χ4n) is 3.02. The van der Waals surface area contributed by atoms with Gasteiger partial charge in [0.2, 0.25) is 0 Å². The van der Waals surface area contributed by atoms with Crippen LogP contribution in [0.2, 0.25) is 0 Å². The van der Waals surface area contributed by atoms with E-state index in [0.717, 1.165) is 34.1 Å². The fraction of sp³-hybridized carbons (Fsp3) is 0.118. The second-order valence-electron chi connectivity index (χ2n) is 5.22. The van der Waals surface area contributed by atoms with E-state index in [2.05, 4.69) is 10.3 Å². The summed E-state index contributed by atoms with van der Waals surface area (Å²) in [5, 5.41) is 3.89. The first-order valence-corrected chi connectivity index (χ1v) is 6.92. The summed E-state index contributed by atoms with van der Waals surface area (Å²) in [6.07, 6.45) is 0.759. The molecule has 21 heavy (non-hydrogen) atoms. The topological polar surface area (TPSA) is 44.9 Å². The van der Waals surface area contributed by atoms with Crippen LogP contribution < -0.4 is 5.32 Å². The third kappa shape index (κ3) is 1.83. The molecule has 0 saturated carbocycles. The zero-order valence-electron chi connectivity index (χ0n) is 11.2. The molecule has 1 aromatic heterocycles. The highest BCUT2D eigenvalue weighted by atomic mass is 19.1. The summed E-state index contributed by atoms with van der Waals surface area (Å²) < 4.78 is 13.1. The summed E-state index contributed by atoms with van der Waals surface area (Å²) in [6.45, 7) is 0.606. The molecular formula is C17H13FN2O. The molecule has 0 aliphatic carbocycles. The standard InChI is InChI=1S/C17H13FN2O/c18-11-6-4-10(5-7-11)16-12-8-9-19-17(21)13-2-1-3-14(20-16)15(12)13/h1-7,20H,8-9H2,(H,19,21). The molecule has 104 valence electrons. The van der Waals surface area contributed by atoms with Gasteiger partial charge in [0.15, 0.2) is 0 Å². The van der Waals surface area contributed by atoms with Crippen LogP contribution in [0.1, 0.15) is 15.9 Å². The van der Waals surface area contributed by atoms with Crippen LogP contribution in [0.5, 0.6) is 0 Å². The molecule has 2 N–H and O–H groups in total. The quantitative estimate of drug-likeness (QED) is 0.706. The summed E-state index contributed by atoms with van der Waals surface area (Å²) >= 11 is 0. The van der Waals surface area contributed by atoms with E-state index in [0.29, 0.717) is 12.1 Å². The van der Waals surface area contributed by atoms with Crippen molar-refractivity contribution in [3.8, 4) is 11.3 Å². The van der Waals surface area contributed by atoms with Gasteiger partial charge < -0.3 is 10.3 Å². The van der Waals surface area contributed by atoms with Gasteiger partial charge in [0, 0.05) is 28.7 Å². The third-order valence-electron chi connectivity index (χ3n) is 3.97. The Hall–Kier alpha value is -2.62. The molecule has 4 heteroatoms. The molecule has 0 unspecified atom stereocenters. The average Bonchev–Trinajstić information content (AvgIpc) is 2.77. The van der Waals surface area contributed by atoms with Crippen molar-refractivity contribution < 1.29 is 9.18 Å². The number of hydrogen-bond donors (Lipinski definition) is 2. The Morgan fingerprint density at radius 3 is 2.67 bits per heavy atom. The Labute approximate surface area is 120 Å². The highest BCUT2D eigenvalue weighted by molar-refractivity contribution is 6.10. The van der Waals surface area contributed by atoms with Gasteiger partial charge >= 0.3 is 0 Å². The van der Waals surface area contributed by atoms with E-state index in [1.807, 2.05) is 18.2 Å². The van der Waals surface area contributed by atoms with Gasteiger partial charge in [0.05, 0.1) is 0 Å².